The van der Waals surface area contributed by atoms with Crippen molar-refractivity contribution < 1.29 is 0 Å². The van der Waals surface area contributed by atoms with Gasteiger partial charge in [0.1, 0.15) is 0 Å². The molecular weight excluding hydrogens is 737 g/mol. The topological polar surface area (TPSA) is 0 Å². The molecule has 0 radical (unpaired) electrons. The molecule has 0 fully saturated rings. The monoisotopic (exact) mass is 768 g/mol. The van der Waals surface area contributed by atoms with Crippen molar-refractivity contribution in [2.45, 2.75) is 0 Å². The zero-order chi connectivity index (χ0) is 37.9. The summed E-state index contributed by atoms with van der Waals surface area (Å²) in [6.45, 7) is 0. The minimum atomic E-state index is 1.24. The van der Waals surface area contributed by atoms with Crippen LogP contribution in [0.4, 0.5) is 0 Å². The van der Waals surface area contributed by atoms with Crippen molar-refractivity contribution in [2.75, 3.05) is 0 Å². The van der Waals surface area contributed by atoms with E-state index in [2.05, 4.69) is 194 Å². The van der Waals surface area contributed by atoms with Crippen LogP contribution in [0.25, 0.3) is 128 Å². The fourth-order valence-electron chi connectivity index (χ4n) is 9.86. The zero-order valence-electron chi connectivity index (χ0n) is 31.3. The molecule has 0 aliphatic carbocycles. The van der Waals surface area contributed by atoms with Crippen molar-refractivity contribution in [1.29, 1.82) is 0 Å². The molecule has 268 valence electrons. The fourth-order valence-corrected chi connectivity index (χ4v) is 12.5. The molecular formula is C56H32S2. The summed E-state index contributed by atoms with van der Waals surface area (Å²) in [7, 11) is 0. The SMILES string of the molecule is c1ccc2c(-c3c4ccccc4c(-c4ccc5cc(-c6c7ccccc7cc7c6sc6ccc8c9ccccc9sc8c67)ccc5c4)c4ccccc34)cccc2c1. The third kappa shape index (κ3) is 4.62. The van der Waals surface area contributed by atoms with Gasteiger partial charge in [0.15, 0.2) is 0 Å². The molecule has 0 aliphatic rings. The summed E-state index contributed by atoms with van der Waals surface area (Å²) in [4.78, 5) is 0. The molecule has 2 heterocycles. The van der Waals surface area contributed by atoms with Crippen molar-refractivity contribution in [3.05, 3.63) is 194 Å². The first kappa shape index (κ1) is 32.3. The number of rotatable bonds is 3. The molecule has 0 aliphatic heterocycles. The van der Waals surface area contributed by atoms with Crippen LogP contribution in [0.1, 0.15) is 0 Å². The summed E-state index contributed by atoms with van der Waals surface area (Å²) < 4.78 is 5.45. The van der Waals surface area contributed by atoms with Crippen LogP contribution in [0.2, 0.25) is 0 Å². The van der Waals surface area contributed by atoms with Crippen molar-refractivity contribution in [1.82, 2.24) is 0 Å². The van der Waals surface area contributed by atoms with Crippen molar-refractivity contribution in [2.24, 2.45) is 0 Å². The molecule has 0 amide bonds. The Morgan fingerprint density at radius 3 is 1.53 bits per heavy atom. The minimum absolute atomic E-state index is 1.24. The largest absolute Gasteiger partial charge is 0.134 e. The average Bonchev–Trinajstić information content (AvgIpc) is 3.85. The van der Waals surface area contributed by atoms with E-state index >= 15 is 0 Å². The molecule has 0 spiro atoms. The van der Waals surface area contributed by atoms with Gasteiger partial charge in [-0.15, -0.1) is 22.7 Å². The minimum Gasteiger partial charge on any atom is -0.134 e. The normalized spacial score (nSPS) is 12.1. The molecule has 2 aromatic heterocycles. The van der Waals surface area contributed by atoms with E-state index < -0.39 is 0 Å². The number of fused-ring (bicyclic) bond motifs is 12. The highest BCUT2D eigenvalue weighted by atomic mass is 32.1. The lowest BCUT2D eigenvalue weighted by atomic mass is 9.84. The Morgan fingerprint density at radius 1 is 0.259 bits per heavy atom. The van der Waals surface area contributed by atoms with E-state index in [1.165, 1.54) is 128 Å². The van der Waals surface area contributed by atoms with E-state index in [0.29, 0.717) is 0 Å². The predicted molar refractivity (Wildman–Crippen MR) is 256 cm³/mol. The quantitative estimate of drug-likeness (QED) is 0.157. The Balaban J connectivity index is 1.02. The molecule has 0 atom stereocenters. The first-order valence-electron chi connectivity index (χ1n) is 19.9. The van der Waals surface area contributed by atoms with Crippen LogP contribution in [0.3, 0.4) is 0 Å². The average molecular weight is 769 g/mol. The molecule has 13 aromatic rings. The molecule has 0 unspecified atom stereocenters. The molecule has 0 N–H and O–H groups in total. The Hall–Kier alpha value is -6.84. The maximum Gasteiger partial charge on any atom is 0.0448 e. The summed E-state index contributed by atoms with van der Waals surface area (Å²) >= 11 is 3.86. The summed E-state index contributed by atoms with van der Waals surface area (Å²) in [6, 6.07) is 72.5. The Morgan fingerprint density at radius 2 is 0.810 bits per heavy atom. The lowest BCUT2D eigenvalue weighted by Crippen LogP contribution is -1.91. The number of thiophene rings is 2. The van der Waals surface area contributed by atoms with Gasteiger partial charge in [0.2, 0.25) is 0 Å². The summed E-state index contributed by atoms with van der Waals surface area (Å²) in [5, 5.41) is 18.2. The van der Waals surface area contributed by atoms with Crippen LogP contribution in [-0.4, -0.2) is 0 Å². The molecule has 0 nitrogen and oxygen atoms in total. The van der Waals surface area contributed by atoms with Gasteiger partial charge >= 0.3 is 0 Å². The Kier molecular flexibility index (Phi) is 6.86. The first-order valence-corrected chi connectivity index (χ1v) is 21.5. The smallest absolute Gasteiger partial charge is 0.0448 e. The van der Waals surface area contributed by atoms with E-state index in [-0.39, 0.29) is 0 Å². The van der Waals surface area contributed by atoms with Gasteiger partial charge < -0.3 is 0 Å². The Bertz CT molecular complexity index is 3800. The second-order valence-electron chi connectivity index (χ2n) is 15.5. The highest BCUT2D eigenvalue weighted by molar-refractivity contribution is 7.30. The number of hydrogen-bond acceptors (Lipinski definition) is 2. The van der Waals surface area contributed by atoms with Crippen LogP contribution in [0, 0.1) is 0 Å². The third-order valence-corrected chi connectivity index (χ3v) is 14.8. The van der Waals surface area contributed by atoms with Crippen molar-refractivity contribution in [3.8, 4) is 33.4 Å². The summed E-state index contributed by atoms with van der Waals surface area (Å²) in [5.74, 6) is 0. The Labute approximate surface area is 342 Å². The number of benzene rings is 11. The standard InChI is InChI=1S/C56H32S2/c1-3-15-39-33(12-1)14-11-22-42(39)53-45-20-7-5-18-43(45)51(44-19-6-8-21-46(44)53)37-26-24-35-31-38(27-25-34(35)30-37)52-40-16-4-2-13-36(40)32-48-54-50(58-56(48)52)29-28-47-41-17-9-10-23-49(41)57-55(47)54/h1-32H. The van der Waals surface area contributed by atoms with Gasteiger partial charge in [0.05, 0.1) is 0 Å². The fraction of sp³-hybridized carbons (Fsp3) is 0. The van der Waals surface area contributed by atoms with E-state index in [1.807, 2.05) is 22.7 Å². The molecule has 0 saturated heterocycles. The lowest BCUT2D eigenvalue weighted by molar-refractivity contribution is 1.68. The van der Waals surface area contributed by atoms with E-state index in [0.717, 1.165) is 0 Å². The first-order chi connectivity index (χ1) is 28.8. The van der Waals surface area contributed by atoms with Crippen LogP contribution >= 0.6 is 22.7 Å². The van der Waals surface area contributed by atoms with E-state index in [9.17, 15) is 0 Å². The third-order valence-electron chi connectivity index (χ3n) is 12.4. The van der Waals surface area contributed by atoms with Crippen LogP contribution in [-0.2, 0) is 0 Å². The predicted octanol–water partition coefficient (Wildman–Crippen LogP) is 17.2. The molecule has 0 bridgehead atoms. The molecule has 13 rings (SSSR count). The van der Waals surface area contributed by atoms with Gasteiger partial charge in [0, 0.05) is 45.9 Å². The summed E-state index contributed by atoms with van der Waals surface area (Å²) in [6.07, 6.45) is 0. The van der Waals surface area contributed by atoms with E-state index in [4.69, 9.17) is 0 Å². The molecule has 58 heavy (non-hydrogen) atoms. The van der Waals surface area contributed by atoms with Gasteiger partial charge in [-0.05, 0) is 112 Å². The van der Waals surface area contributed by atoms with Gasteiger partial charge in [-0.2, -0.15) is 0 Å². The van der Waals surface area contributed by atoms with Crippen molar-refractivity contribution in [3.63, 3.8) is 0 Å². The highest BCUT2D eigenvalue weighted by Crippen LogP contribution is 2.50. The maximum absolute atomic E-state index is 2.43. The highest BCUT2D eigenvalue weighted by Gasteiger charge is 2.20. The number of hydrogen-bond donors (Lipinski definition) is 0. The van der Waals surface area contributed by atoms with Crippen LogP contribution in [0.15, 0.2) is 194 Å². The van der Waals surface area contributed by atoms with Gasteiger partial charge in [-0.25, -0.2) is 0 Å². The molecule has 2 heteroatoms. The van der Waals surface area contributed by atoms with Crippen molar-refractivity contribution >= 4 is 117 Å². The van der Waals surface area contributed by atoms with E-state index in [1.54, 1.807) is 0 Å². The molecule has 11 aromatic carbocycles. The second kappa shape index (κ2) is 12.3. The lowest BCUT2D eigenvalue weighted by Gasteiger charge is -2.19. The van der Waals surface area contributed by atoms with Gasteiger partial charge in [0.25, 0.3) is 0 Å². The maximum atomic E-state index is 2.43. The second-order valence-corrected chi connectivity index (χ2v) is 17.6. The zero-order valence-corrected chi connectivity index (χ0v) is 32.9. The van der Waals surface area contributed by atoms with Gasteiger partial charge in [-0.3, -0.25) is 0 Å². The summed E-state index contributed by atoms with van der Waals surface area (Å²) in [5.41, 5.74) is 7.69. The molecule has 0 saturated carbocycles. The van der Waals surface area contributed by atoms with Crippen LogP contribution in [0.5, 0.6) is 0 Å². The van der Waals surface area contributed by atoms with Crippen LogP contribution < -0.4 is 0 Å². The van der Waals surface area contributed by atoms with Gasteiger partial charge in [-0.1, -0.05) is 164 Å².